The summed E-state index contributed by atoms with van der Waals surface area (Å²) < 4.78 is 0. The number of anilines is 2. The molecule has 2 unspecified atom stereocenters. The molecule has 5 heteroatoms. The van der Waals surface area contributed by atoms with E-state index < -0.39 is 0 Å². The molecular formula is C12H20N4O. The standard InChI is InChI=1S/C12H20N4O/c1-3-11-14-10(13)6-12(15-11)16-5-4-9(17)8(2)7-16/h6,8-9,17H,3-5,7H2,1-2H3,(H2,13,14,15). The average molecular weight is 236 g/mol. The first-order chi connectivity index (χ1) is 8.10. The van der Waals surface area contributed by atoms with E-state index in [9.17, 15) is 5.11 Å². The molecule has 1 aliphatic rings. The molecule has 0 saturated carbocycles. The van der Waals surface area contributed by atoms with E-state index in [-0.39, 0.29) is 12.0 Å². The number of rotatable bonds is 2. The van der Waals surface area contributed by atoms with Gasteiger partial charge in [0.15, 0.2) is 0 Å². The minimum Gasteiger partial charge on any atom is -0.393 e. The third kappa shape index (κ3) is 2.66. The number of piperidine rings is 1. The van der Waals surface area contributed by atoms with Crippen LogP contribution in [-0.2, 0) is 6.42 Å². The zero-order chi connectivity index (χ0) is 12.4. The summed E-state index contributed by atoms with van der Waals surface area (Å²) in [6.45, 7) is 5.72. The first-order valence-electron chi connectivity index (χ1n) is 6.16. The number of aliphatic hydroxyl groups excluding tert-OH is 1. The SMILES string of the molecule is CCc1nc(N)cc(N2CCC(O)C(C)C2)n1. The highest BCUT2D eigenvalue weighted by atomic mass is 16.3. The second-order valence-corrected chi connectivity index (χ2v) is 4.70. The largest absolute Gasteiger partial charge is 0.393 e. The van der Waals surface area contributed by atoms with Gasteiger partial charge in [-0.2, -0.15) is 0 Å². The molecule has 1 fully saturated rings. The van der Waals surface area contributed by atoms with Crippen LogP contribution in [0, 0.1) is 5.92 Å². The van der Waals surface area contributed by atoms with Gasteiger partial charge in [0.25, 0.3) is 0 Å². The van der Waals surface area contributed by atoms with Crippen LogP contribution in [0.1, 0.15) is 26.1 Å². The molecular weight excluding hydrogens is 216 g/mol. The van der Waals surface area contributed by atoms with Crippen LogP contribution in [0.25, 0.3) is 0 Å². The Kier molecular flexibility index (Phi) is 3.47. The number of hydrogen-bond donors (Lipinski definition) is 2. The zero-order valence-electron chi connectivity index (χ0n) is 10.4. The first kappa shape index (κ1) is 12.1. The molecule has 2 rings (SSSR count). The fraction of sp³-hybridized carbons (Fsp3) is 0.667. The van der Waals surface area contributed by atoms with E-state index in [0.717, 1.165) is 37.6 Å². The van der Waals surface area contributed by atoms with E-state index in [1.54, 1.807) is 0 Å². The normalized spacial score (nSPS) is 25.0. The molecule has 17 heavy (non-hydrogen) atoms. The minimum atomic E-state index is -0.198. The maximum absolute atomic E-state index is 9.71. The van der Waals surface area contributed by atoms with Gasteiger partial charge in [-0.1, -0.05) is 13.8 Å². The molecule has 0 aliphatic carbocycles. The van der Waals surface area contributed by atoms with E-state index in [2.05, 4.69) is 21.8 Å². The summed E-state index contributed by atoms with van der Waals surface area (Å²) >= 11 is 0. The third-order valence-electron chi connectivity index (χ3n) is 3.28. The van der Waals surface area contributed by atoms with E-state index in [0.29, 0.717) is 5.82 Å². The Labute approximate surface area is 102 Å². The topological polar surface area (TPSA) is 75.3 Å². The van der Waals surface area contributed by atoms with Gasteiger partial charge in [-0.05, 0) is 12.3 Å². The molecule has 0 amide bonds. The molecule has 0 spiro atoms. The summed E-state index contributed by atoms with van der Waals surface area (Å²) in [5.74, 6) is 2.45. The lowest BCUT2D eigenvalue weighted by molar-refractivity contribution is 0.0969. The number of nitrogen functional groups attached to an aromatic ring is 1. The predicted molar refractivity (Wildman–Crippen MR) is 67.8 cm³/mol. The van der Waals surface area contributed by atoms with E-state index in [4.69, 9.17) is 5.73 Å². The number of aryl methyl sites for hydroxylation is 1. The highest BCUT2D eigenvalue weighted by Gasteiger charge is 2.25. The van der Waals surface area contributed by atoms with Crippen molar-refractivity contribution >= 4 is 11.6 Å². The van der Waals surface area contributed by atoms with Gasteiger partial charge in [-0.15, -0.1) is 0 Å². The van der Waals surface area contributed by atoms with E-state index in [1.165, 1.54) is 0 Å². The lowest BCUT2D eigenvalue weighted by Gasteiger charge is -2.35. The van der Waals surface area contributed by atoms with Crippen LogP contribution in [0.4, 0.5) is 11.6 Å². The molecule has 1 aromatic rings. The van der Waals surface area contributed by atoms with Crippen LogP contribution in [0.3, 0.4) is 0 Å². The lowest BCUT2D eigenvalue weighted by atomic mass is 9.97. The van der Waals surface area contributed by atoms with Crippen LogP contribution in [-0.4, -0.2) is 34.3 Å². The molecule has 94 valence electrons. The van der Waals surface area contributed by atoms with Crippen molar-refractivity contribution in [3.8, 4) is 0 Å². The number of nitrogens with two attached hydrogens (primary N) is 1. The van der Waals surface area contributed by atoms with Gasteiger partial charge in [0, 0.05) is 25.6 Å². The predicted octanol–water partition coefficient (Wildman–Crippen LogP) is 0.828. The van der Waals surface area contributed by atoms with Gasteiger partial charge in [0.1, 0.15) is 17.5 Å². The number of nitrogens with zero attached hydrogens (tertiary/aromatic N) is 3. The fourth-order valence-corrected chi connectivity index (χ4v) is 2.16. The Bertz CT molecular complexity index is 396. The van der Waals surface area contributed by atoms with Gasteiger partial charge in [-0.3, -0.25) is 0 Å². The Morgan fingerprint density at radius 2 is 2.29 bits per heavy atom. The van der Waals surface area contributed by atoms with Crippen molar-refractivity contribution in [2.45, 2.75) is 32.8 Å². The maximum atomic E-state index is 9.71. The lowest BCUT2D eigenvalue weighted by Crippen LogP contribution is -2.42. The van der Waals surface area contributed by atoms with Crippen molar-refractivity contribution in [2.24, 2.45) is 5.92 Å². The average Bonchev–Trinajstić information content (AvgIpc) is 2.32. The molecule has 0 bridgehead atoms. The van der Waals surface area contributed by atoms with Gasteiger partial charge in [0.2, 0.25) is 0 Å². The van der Waals surface area contributed by atoms with Gasteiger partial charge >= 0.3 is 0 Å². The molecule has 1 aromatic heterocycles. The number of aliphatic hydroxyl groups is 1. The first-order valence-corrected chi connectivity index (χ1v) is 6.16. The fourth-order valence-electron chi connectivity index (χ4n) is 2.16. The summed E-state index contributed by atoms with van der Waals surface area (Å²) in [6.07, 6.45) is 1.37. The van der Waals surface area contributed by atoms with Gasteiger partial charge in [-0.25, -0.2) is 9.97 Å². The van der Waals surface area contributed by atoms with Crippen molar-refractivity contribution in [1.82, 2.24) is 9.97 Å². The maximum Gasteiger partial charge on any atom is 0.134 e. The van der Waals surface area contributed by atoms with Crippen molar-refractivity contribution in [1.29, 1.82) is 0 Å². The molecule has 0 radical (unpaired) electrons. The Hall–Kier alpha value is -1.36. The summed E-state index contributed by atoms with van der Waals surface area (Å²) in [5, 5.41) is 9.71. The molecule has 2 atom stereocenters. The minimum absolute atomic E-state index is 0.198. The second-order valence-electron chi connectivity index (χ2n) is 4.70. The molecule has 2 heterocycles. The Morgan fingerprint density at radius 1 is 1.53 bits per heavy atom. The van der Waals surface area contributed by atoms with E-state index in [1.807, 2.05) is 13.0 Å². The molecule has 1 aliphatic heterocycles. The third-order valence-corrected chi connectivity index (χ3v) is 3.28. The number of aromatic nitrogens is 2. The van der Waals surface area contributed by atoms with Crippen molar-refractivity contribution in [3.63, 3.8) is 0 Å². The van der Waals surface area contributed by atoms with Crippen LogP contribution in [0.5, 0.6) is 0 Å². The summed E-state index contributed by atoms with van der Waals surface area (Å²) in [7, 11) is 0. The van der Waals surface area contributed by atoms with Crippen molar-refractivity contribution in [3.05, 3.63) is 11.9 Å². The van der Waals surface area contributed by atoms with Crippen LogP contribution >= 0.6 is 0 Å². The van der Waals surface area contributed by atoms with Gasteiger partial charge < -0.3 is 15.7 Å². The molecule has 5 nitrogen and oxygen atoms in total. The summed E-state index contributed by atoms with van der Waals surface area (Å²) in [4.78, 5) is 10.8. The monoisotopic (exact) mass is 236 g/mol. The molecule has 0 aromatic carbocycles. The summed E-state index contributed by atoms with van der Waals surface area (Å²) in [5.41, 5.74) is 5.78. The van der Waals surface area contributed by atoms with Gasteiger partial charge in [0.05, 0.1) is 6.10 Å². The molecule has 1 saturated heterocycles. The Balaban J connectivity index is 2.19. The second kappa shape index (κ2) is 4.87. The quantitative estimate of drug-likeness (QED) is 0.795. The Morgan fingerprint density at radius 3 is 2.94 bits per heavy atom. The highest BCUT2D eigenvalue weighted by molar-refractivity contribution is 5.47. The highest BCUT2D eigenvalue weighted by Crippen LogP contribution is 2.22. The smallest absolute Gasteiger partial charge is 0.134 e. The molecule has 3 N–H and O–H groups in total. The van der Waals surface area contributed by atoms with Crippen molar-refractivity contribution in [2.75, 3.05) is 23.7 Å². The van der Waals surface area contributed by atoms with E-state index >= 15 is 0 Å². The van der Waals surface area contributed by atoms with Crippen LogP contribution in [0.15, 0.2) is 6.07 Å². The van der Waals surface area contributed by atoms with Crippen LogP contribution < -0.4 is 10.6 Å². The summed E-state index contributed by atoms with van der Waals surface area (Å²) in [6, 6.07) is 1.81. The zero-order valence-corrected chi connectivity index (χ0v) is 10.4. The van der Waals surface area contributed by atoms with Crippen LogP contribution in [0.2, 0.25) is 0 Å². The number of hydrogen-bond acceptors (Lipinski definition) is 5. The van der Waals surface area contributed by atoms with Crippen molar-refractivity contribution < 1.29 is 5.11 Å².